The molecule has 0 spiro atoms. The van der Waals surface area contributed by atoms with Crippen LogP contribution in [0.4, 0.5) is 4.39 Å². The molecule has 2 fully saturated rings. The molecule has 0 saturated carbocycles. The SMILES string of the molecule is OC[C@H]1O[C@H](O)[C@H](O[C@H]2O[C@H](CF)[C@@H](O)[C@H](O)[C@H]2O)[C@@H](O)[C@@H]1O. The molecule has 0 amide bonds. The van der Waals surface area contributed by atoms with Crippen molar-refractivity contribution in [1.82, 2.24) is 0 Å². The van der Waals surface area contributed by atoms with Crippen molar-refractivity contribution in [1.29, 1.82) is 0 Å². The average molecular weight is 344 g/mol. The number of hydrogen-bond donors (Lipinski definition) is 7. The maximum atomic E-state index is 12.8. The van der Waals surface area contributed by atoms with Crippen molar-refractivity contribution >= 4 is 0 Å². The zero-order valence-corrected chi connectivity index (χ0v) is 11.9. The normalized spacial score (nSPS) is 51.7. The summed E-state index contributed by atoms with van der Waals surface area (Å²) in [4.78, 5) is 0. The molecule has 0 unspecified atom stereocenters. The molecular formula is C12H21FO10. The molecule has 23 heavy (non-hydrogen) atoms. The molecule has 7 N–H and O–H groups in total. The van der Waals surface area contributed by atoms with Crippen molar-refractivity contribution in [2.45, 2.75) is 61.4 Å². The summed E-state index contributed by atoms with van der Waals surface area (Å²) in [5, 5.41) is 67.3. The quantitative estimate of drug-likeness (QED) is 0.264. The number of rotatable bonds is 4. The molecule has 10 atom stereocenters. The van der Waals surface area contributed by atoms with E-state index in [4.69, 9.17) is 19.3 Å². The zero-order valence-electron chi connectivity index (χ0n) is 11.9. The van der Waals surface area contributed by atoms with E-state index in [1.807, 2.05) is 0 Å². The Hall–Kier alpha value is -0.470. The number of halogens is 1. The Kier molecular flexibility index (Phi) is 6.24. The fourth-order valence-corrected chi connectivity index (χ4v) is 2.53. The highest BCUT2D eigenvalue weighted by molar-refractivity contribution is 4.93. The van der Waals surface area contributed by atoms with Gasteiger partial charge in [0.05, 0.1) is 6.61 Å². The molecule has 0 aromatic heterocycles. The van der Waals surface area contributed by atoms with Crippen LogP contribution < -0.4 is 0 Å². The number of ether oxygens (including phenoxy) is 3. The predicted octanol–water partition coefficient (Wildman–Crippen LogP) is -4.42. The van der Waals surface area contributed by atoms with Gasteiger partial charge in [-0.2, -0.15) is 0 Å². The molecule has 136 valence electrons. The van der Waals surface area contributed by atoms with Crippen LogP contribution in [0.25, 0.3) is 0 Å². The fraction of sp³-hybridized carbons (Fsp3) is 1.00. The van der Waals surface area contributed by atoms with Crippen LogP contribution in [-0.4, -0.2) is 110 Å². The summed E-state index contributed by atoms with van der Waals surface area (Å²) in [5.41, 5.74) is 0. The lowest BCUT2D eigenvalue weighted by molar-refractivity contribution is -0.360. The Morgan fingerprint density at radius 1 is 0.783 bits per heavy atom. The first-order chi connectivity index (χ1) is 10.8. The number of hydrogen-bond acceptors (Lipinski definition) is 10. The summed E-state index contributed by atoms with van der Waals surface area (Å²) in [5.74, 6) is 0. The van der Waals surface area contributed by atoms with Gasteiger partial charge in [-0.25, -0.2) is 4.39 Å². The third-order valence-electron chi connectivity index (χ3n) is 3.95. The lowest BCUT2D eigenvalue weighted by Crippen LogP contribution is -2.64. The van der Waals surface area contributed by atoms with E-state index < -0.39 is 74.7 Å². The molecule has 0 bridgehead atoms. The van der Waals surface area contributed by atoms with Crippen LogP contribution in [0.5, 0.6) is 0 Å². The minimum atomic E-state index is -1.79. The molecule has 0 aromatic carbocycles. The molecule has 2 aliphatic rings. The maximum absolute atomic E-state index is 12.8. The molecule has 0 radical (unpaired) electrons. The van der Waals surface area contributed by atoms with Gasteiger partial charge in [0.25, 0.3) is 0 Å². The van der Waals surface area contributed by atoms with Crippen LogP contribution in [0.1, 0.15) is 0 Å². The van der Waals surface area contributed by atoms with Gasteiger partial charge in [0.1, 0.15) is 55.5 Å². The lowest BCUT2D eigenvalue weighted by Gasteiger charge is -2.44. The number of aliphatic hydroxyl groups excluding tert-OH is 7. The Bertz CT molecular complexity index is 385. The van der Waals surface area contributed by atoms with Crippen molar-refractivity contribution in [3.63, 3.8) is 0 Å². The van der Waals surface area contributed by atoms with Gasteiger partial charge in [0.2, 0.25) is 0 Å². The van der Waals surface area contributed by atoms with E-state index in [1.165, 1.54) is 0 Å². The van der Waals surface area contributed by atoms with Crippen LogP contribution in [-0.2, 0) is 14.2 Å². The Morgan fingerprint density at radius 2 is 1.39 bits per heavy atom. The summed E-state index contributed by atoms with van der Waals surface area (Å²) in [6, 6.07) is 0. The fourth-order valence-electron chi connectivity index (χ4n) is 2.53. The molecule has 0 aromatic rings. The first-order valence-corrected chi connectivity index (χ1v) is 7.03. The van der Waals surface area contributed by atoms with Crippen molar-refractivity contribution < 1.29 is 54.3 Å². The highest BCUT2D eigenvalue weighted by Gasteiger charge is 2.50. The zero-order chi connectivity index (χ0) is 17.3. The average Bonchev–Trinajstić information content (AvgIpc) is 2.54. The van der Waals surface area contributed by atoms with E-state index in [1.54, 1.807) is 0 Å². The summed E-state index contributed by atoms with van der Waals surface area (Å²) in [6.45, 7) is -1.84. The second-order valence-electron chi connectivity index (χ2n) is 5.50. The molecule has 2 rings (SSSR count). The van der Waals surface area contributed by atoms with Crippen molar-refractivity contribution in [3.8, 4) is 0 Å². The van der Waals surface area contributed by atoms with Crippen LogP contribution in [0.3, 0.4) is 0 Å². The van der Waals surface area contributed by atoms with Gasteiger partial charge >= 0.3 is 0 Å². The molecule has 2 heterocycles. The Labute approximate surface area is 130 Å². The standard InChI is InChI=1S/C12H21FO10/c13-1-3-5(15)7(17)9(19)12(22-3)23-10-8(18)6(16)4(2-14)21-11(10)20/h3-12,14-20H,1-2H2/t3-,4-,5-,6-,7+,8+,9-,10-,11+,12-/m1/s1. The van der Waals surface area contributed by atoms with Crippen LogP contribution in [0, 0.1) is 0 Å². The monoisotopic (exact) mass is 344 g/mol. The summed E-state index contributed by atoms with van der Waals surface area (Å²) >= 11 is 0. The second-order valence-corrected chi connectivity index (χ2v) is 5.50. The van der Waals surface area contributed by atoms with Gasteiger partial charge in [0.15, 0.2) is 12.6 Å². The topological polar surface area (TPSA) is 169 Å². The third kappa shape index (κ3) is 3.64. The molecule has 0 aliphatic carbocycles. The van der Waals surface area contributed by atoms with E-state index in [0.717, 1.165) is 0 Å². The van der Waals surface area contributed by atoms with Crippen molar-refractivity contribution in [2.75, 3.05) is 13.3 Å². The van der Waals surface area contributed by atoms with E-state index in [2.05, 4.69) is 0 Å². The molecular weight excluding hydrogens is 323 g/mol. The lowest BCUT2D eigenvalue weighted by atomic mass is 9.97. The predicted molar refractivity (Wildman–Crippen MR) is 67.5 cm³/mol. The van der Waals surface area contributed by atoms with Crippen LogP contribution in [0.2, 0.25) is 0 Å². The summed E-state index contributed by atoms with van der Waals surface area (Å²) < 4.78 is 27.7. The van der Waals surface area contributed by atoms with E-state index in [9.17, 15) is 35.0 Å². The second kappa shape index (κ2) is 7.61. The van der Waals surface area contributed by atoms with Gasteiger partial charge in [-0.15, -0.1) is 0 Å². The van der Waals surface area contributed by atoms with E-state index in [-0.39, 0.29) is 0 Å². The third-order valence-corrected chi connectivity index (χ3v) is 3.95. The van der Waals surface area contributed by atoms with Gasteiger partial charge in [-0.1, -0.05) is 0 Å². The van der Waals surface area contributed by atoms with Gasteiger partial charge in [0, 0.05) is 0 Å². The van der Waals surface area contributed by atoms with Crippen molar-refractivity contribution in [3.05, 3.63) is 0 Å². The summed E-state index contributed by atoms with van der Waals surface area (Å²) in [7, 11) is 0. The van der Waals surface area contributed by atoms with Gasteiger partial charge in [-0.05, 0) is 0 Å². The van der Waals surface area contributed by atoms with Crippen LogP contribution >= 0.6 is 0 Å². The van der Waals surface area contributed by atoms with E-state index in [0.29, 0.717) is 0 Å². The largest absolute Gasteiger partial charge is 0.394 e. The highest BCUT2D eigenvalue weighted by atomic mass is 19.1. The number of alkyl halides is 1. The summed E-state index contributed by atoms with van der Waals surface area (Å²) in [6.07, 6.45) is -16.4. The van der Waals surface area contributed by atoms with Gasteiger partial charge < -0.3 is 50.0 Å². The van der Waals surface area contributed by atoms with Crippen molar-refractivity contribution in [2.24, 2.45) is 0 Å². The molecule has 2 aliphatic heterocycles. The maximum Gasteiger partial charge on any atom is 0.187 e. The molecule has 2 saturated heterocycles. The van der Waals surface area contributed by atoms with Gasteiger partial charge in [-0.3, -0.25) is 0 Å². The highest BCUT2D eigenvalue weighted by Crippen LogP contribution is 2.28. The number of aliphatic hydroxyl groups is 7. The Morgan fingerprint density at radius 3 is 1.96 bits per heavy atom. The first kappa shape index (κ1) is 18.9. The van der Waals surface area contributed by atoms with E-state index >= 15 is 0 Å². The first-order valence-electron chi connectivity index (χ1n) is 7.03. The minimum Gasteiger partial charge on any atom is -0.394 e. The Balaban J connectivity index is 2.08. The smallest absolute Gasteiger partial charge is 0.187 e. The molecule has 11 heteroatoms. The van der Waals surface area contributed by atoms with Crippen LogP contribution in [0.15, 0.2) is 0 Å². The molecule has 10 nitrogen and oxygen atoms in total. The minimum absolute atomic E-state index is 0.667.